The van der Waals surface area contributed by atoms with Crippen LogP contribution in [0.3, 0.4) is 0 Å². The molecule has 1 atom stereocenters. The highest BCUT2D eigenvalue weighted by molar-refractivity contribution is 5.78. The van der Waals surface area contributed by atoms with Gasteiger partial charge in [0.15, 0.2) is 6.61 Å². The van der Waals surface area contributed by atoms with Gasteiger partial charge in [-0.25, -0.2) is 0 Å². The van der Waals surface area contributed by atoms with Gasteiger partial charge >= 0.3 is 0 Å². The molecule has 0 N–H and O–H groups in total. The molecule has 1 fully saturated rings. The number of nitrogens with zero attached hydrogens (tertiary/aromatic N) is 2. The average Bonchev–Trinajstić information content (AvgIpc) is 2.98. The van der Waals surface area contributed by atoms with Gasteiger partial charge in [0.2, 0.25) is 0 Å². The lowest BCUT2D eigenvalue weighted by atomic mass is 10.0. The van der Waals surface area contributed by atoms with Gasteiger partial charge in [-0.3, -0.25) is 4.79 Å². The first-order valence-corrected chi connectivity index (χ1v) is 9.28. The number of nitriles is 1. The second-order valence-electron chi connectivity index (χ2n) is 6.62. The number of carbonyl (C=O) groups excluding carboxylic acids is 1. The molecule has 1 saturated heterocycles. The van der Waals surface area contributed by atoms with E-state index in [-0.39, 0.29) is 18.6 Å². The van der Waals surface area contributed by atoms with E-state index in [1.807, 2.05) is 29.2 Å². The van der Waals surface area contributed by atoms with E-state index in [1.165, 1.54) is 0 Å². The van der Waals surface area contributed by atoms with E-state index in [2.05, 4.69) is 6.07 Å². The molecule has 0 unspecified atom stereocenters. The third-order valence-corrected chi connectivity index (χ3v) is 4.93. The van der Waals surface area contributed by atoms with Crippen molar-refractivity contribution in [1.29, 1.82) is 5.26 Å². The van der Waals surface area contributed by atoms with Crippen LogP contribution in [0.2, 0.25) is 0 Å². The van der Waals surface area contributed by atoms with Crippen LogP contribution in [-0.4, -0.2) is 31.1 Å². The molecular weight excluding hydrogens is 340 g/mol. The Morgan fingerprint density at radius 1 is 1.15 bits per heavy atom. The smallest absolute Gasteiger partial charge is 0.261 e. The Morgan fingerprint density at radius 2 is 1.93 bits per heavy atom. The first-order chi connectivity index (χ1) is 13.2. The topological polar surface area (TPSA) is 62.6 Å². The van der Waals surface area contributed by atoms with Crippen LogP contribution in [0.4, 0.5) is 0 Å². The Bertz CT molecular complexity index is 811. The van der Waals surface area contributed by atoms with Gasteiger partial charge in [-0.2, -0.15) is 5.26 Å². The van der Waals surface area contributed by atoms with Crippen LogP contribution in [0.25, 0.3) is 0 Å². The van der Waals surface area contributed by atoms with Gasteiger partial charge in [-0.05, 0) is 42.7 Å². The van der Waals surface area contributed by atoms with E-state index in [9.17, 15) is 4.79 Å². The molecule has 0 spiro atoms. The third-order valence-electron chi connectivity index (χ3n) is 4.93. The average molecular weight is 364 g/mol. The lowest BCUT2D eigenvalue weighted by molar-refractivity contribution is -0.135. The summed E-state index contributed by atoms with van der Waals surface area (Å²) in [6.45, 7) is 0.657. The Kier molecular flexibility index (Phi) is 6.32. The number of amides is 1. The van der Waals surface area contributed by atoms with Crippen LogP contribution in [0.5, 0.6) is 11.5 Å². The zero-order chi connectivity index (χ0) is 19.1. The van der Waals surface area contributed by atoms with Crippen molar-refractivity contribution >= 4 is 5.91 Å². The normalized spacial score (nSPS) is 16.9. The Labute approximate surface area is 160 Å². The van der Waals surface area contributed by atoms with E-state index >= 15 is 0 Å². The molecule has 2 aromatic rings. The fourth-order valence-electron chi connectivity index (χ4n) is 3.49. The summed E-state index contributed by atoms with van der Waals surface area (Å²) >= 11 is 0. The Morgan fingerprint density at radius 3 is 2.67 bits per heavy atom. The molecular formula is C22H24N2O3. The van der Waals surface area contributed by atoms with Crippen molar-refractivity contribution in [1.82, 2.24) is 4.90 Å². The summed E-state index contributed by atoms with van der Waals surface area (Å²) < 4.78 is 10.9. The molecule has 3 rings (SSSR count). The molecule has 0 aromatic heterocycles. The molecule has 2 aromatic carbocycles. The summed E-state index contributed by atoms with van der Waals surface area (Å²) in [5.74, 6) is 1.20. The van der Waals surface area contributed by atoms with Gasteiger partial charge in [0.05, 0.1) is 18.7 Å². The fraction of sp³-hybridized carbons (Fsp3) is 0.364. The van der Waals surface area contributed by atoms with Crippen LogP contribution < -0.4 is 9.47 Å². The number of hydrogen-bond donors (Lipinski definition) is 0. The quantitative estimate of drug-likeness (QED) is 0.802. The number of carbonyl (C=O) groups is 1. The number of ether oxygens (including phenoxy) is 2. The molecule has 0 bridgehead atoms. The molecule has 0 aliphatic carbocycles. The van der Waals surface area contributed by atoms with Gasteiger partial charge in [0.25, 0.3) is 5.91 Å². The summed E-state index contributed by atoms with van der Waals surface area (Å²) in [6, 6.07) is 17.0. The number of methoxy groups -OCH3 is 1. The van der Waals surface area contributed by atoms with E-state index < -0.39 is 0 Å². The minimum absolute atomic E-state index is 0.0423. The van der Waals surface area contributed by atoms with Gasteiger partial charge in [-0.15, -0.1) is 0 Å². The summed E-state index contributed by atoms with van der Waals surface area (Å²) in [4.78, 5) is 14.8. The van der Waals surface area contributed by atoms with Crippen molar-refractivity contribution in [3.63, 3.8) is 0 Å². The molecule has 1 aliphatic rings. The number of hydrogen-bond acceptors (Lipinski definition) is 4. The Balaban J connectivity index is 1.74. The Hall–Kier alpha value is -3.00. The maximum atomic E-state index is 12.9. The van der Waals surface area contributed by atoms with E-state index in [1.54, 1.807) is 31.4 Å². The van der Waals surface area contributed by atoms with Crippen LogP contribution in [-0.2, 0) is 4.79 Å². The maximum absolute atomic E-state index is 12.9. The maximum Gasteiger partial charge on any atom is 0.261 e. The van der Waals surface area contributed by atoms with Crippen molar-refractivity contribution in [2.24, 2.45) is 0 Å². The van der Waals surface area contributed by atoms with Crippen LogP contribution in [0, 0.1) is 11.3 Å². The molecule has 5 nitrogen and oxygen atoms in total. The fourth-order valence-corrected chi connectivity index (χ4v) is 3.49. The number of para-hydroxylation sites is 1. The van der Waals surface area contributed by atoms with Crippen LogP contribution >= 0.6 is 0 Å². The first kappa shape index (κ1) is 18.8. The monoisotopic (exact) mass is 364 g/mol. The highest BCUT2D eigenvalue weighted by atomic mass is 16.5. The third kappa shape index (κ3) is 4.59. The second-order valence-corrected chi connectivity index (χ2v) is 6.62. The zero-order valence-electron chi connectivity index (χ0n) is 15.6. The van der Waals surface area contributed by atoms with Crippen molar-refractivity contribution in [2.75, 3.05) is 20.3 Å². The lowest BCUT2D eigenvalue weighted by Gasteiger charge is -2.30. The first-order valence-electron chi connectivity index (χ1n) is 9.28. The summed E-state index contributed by atoms with van der Waals surface area (Å²) in [5, 5.41) is 9.17. The SMILES string of the molecule is COc1ccc([C@H]2CCCCCN2C(=O)COc2ccccc2C#N)cc1. The van der Waals surface area contributed by atoms with Crippen molar-refractivity contribution < 1.29 is 14.3 Å². The van der Waals surface area contributed by atoms with Gasteiger partial charge < -0.3 is 14.4 Å². The van der Waals surface area contributed by atoms with Gasteiger partial charge in [-0.1, -0.05) is 37.1 Å². The highest BCUT2D eigenvalue weighted by Gasteiger charge is 2.27. The molecule has 1 amide bonds. The number of rotatable bonds is 5. The van der Waals surface area contributed by atoms with E-state index in [4.69, 9.17) is 14.7 Å². The van der Waals surface area contributed by atoms with Crippen molar-refractivity contribution in [3.8, 4) is 17.6 Å². The predicted molar refractivity (Wildman–Crippen MR) is 103 cm³/mol. The van der Waals surface area contributed by atoms with Crippen LogP contribution in [0.1, 0.15) is 42.9 Å². The number of likely N-dealkylation sites (tertiary alicyclic amines) is 1. The minimum Gasteiger partial charge on any atom is -0.497 e. The molecule has 140 valence electrons. The predicted octanol–water partition coefficient (Wildman–Crippen LogP) is 4.09. The molecule has 5 heteroatoms. The van der Waals surface area contributed by atoms with Gasteiger partial charge in [0, 0.05) is 6.54 Å². The zero-order valence-corrected chi connectivity index (χ0v) is 15.6. The summed E-state index contributed by atoms with van der Waals surface area (Å²) in [7, 11) is 1.65. The minimum atomic E-state index is -0.0641. The molecule has 0 radical (unpaired) electrons. The standard InChI is InChI=1S/C22H24N2O3/c1-26-19-12-10-17(11-13-19)20-8-3-2-6-14-24(20)22(25)16-27-21-9-5-4-7-18(21)15-23/h4-5,7,9-13,20H,2-3,6,8,14,16H2,1H3/t20-/m1/s1. The van der Waals surface area contributed by atoms with Crippen LogP contribution in [0.15, 0.2) is 48.5 Å². The number of benzene rings is 2. The summed E-state index contributed by atoms with van der Waals surface area (Å²) in [6.07, 6.45) is 4.15. The molecule has 27 heavy (non-hydrogen) atoms. The molecule has 1 heterocycles. The van der Waals surface area contributed by atoms with Crippen molar-refractivity contribution in [2.45, 2.75) is 31.7 Å². The molecule has 0 saturated carbocycles. The molecule has 1 aliphatic heterocycles. The van der Waals surface area contributed by atoms with E-state index in [0.29, 0.717) is 11.3 Å². The lowest BCUT2D eigenvalue weighted by Crippen LogP contribution is -2.38. The van der Waals surface area contributed by atoms with Crippen molar-refractivity contribution in [3.05, 3.63) is 59.7 Å². The summed E-state index contributed by atoms with van der Waals surface area (Å²) in [5.41, 5.74) is 1.55. The van der Waals surface area contributed by atoms with E-state index in [0.717, 1.165) is 43.5 Å². The largest absolute Gasteiger partial charge is 0.497 e. The highest BCUT2D eigenvalue weighted by Crippen LogP contribution is 2.31. The van der Waals surface area contributed by atoms with Gasteiger partial charge in [0.1, 0.15) is 17.6 Å². The second kappa shape index (κ2) is 9.09.